The molecule has 166 valence electrons. The van der Waals surface area contributed by atoms with Gasteiger partial charge in [-0.2, -0.15) is 0 Å². The number of aryl methyl sites for hydroxylation is 3. The Kier molecular flexibility index (Phi) is 6.53. The first-order valence-electron chi connectivity index (χ1n) is 10.6. The van der Waals surface area contributed by atoms with Crippen molar-refractivity contribution in [3.05, 3.63) is 88.4 Å². The van der Waals surface area contributed by atoms with Crippen LogP contribution in [0.15, 0.2) is 71.6 Å². The first kappa shape index (κ1) is 22.4. The largest absolute Gasteiger partial charge is 0.326 e. The molecule has 0 bridgehead atoms. The topological polar surface area (TPSA) is 66.5 Å². The lowest BCUT2D eigenvalue weighted by Gasteiger charge is -2.30. The number of rotatable bonds is 6. The van der Waals surface area contributed by atoms with Crippen LogP contribution in [0.25, 0.3) is 0 Å². The predicted octanol–water partition coefficient (Wildman–Crippen LogP) is 5.36. The van der Waals surface area contributed by atoms with E-state index in [4.69, 9.17) is 11.6 Å². The van der Waals surface area contributed by atoms with Crippen LogP contribution in [0.1, 0.15) is 29.5 Å². The molecule has 0 aliphatic carbocycles. The average Bonchev–Trinajstić information content (AvgIpc) is 2.80. The van der Waals surface area contributed by atoms with E-state index in [0.717, 1.165) is 35.2 Å². The lowest BCUT2D eigenvalue weighted by molar-refractivity contribution is -0.116. The molecule has 0 saturated heterocycles. The number of para-hydroxylation sites is 1. The van der Waals surface area contributed by atoms with Crippen LogP contribution in [0.2, 0.25) is 5.02 Å². The van der Waals surface area contributed by atoms with Gasteiger partial charge in [-0.15, -0.1) is 0 Å². The van der Waals surface area contributed by atoms with Crippen molar-refractivity contribution in [3.8, 4) is 0 Å². The zero-order chi connectivity index (χ0) is 22.7. The van der Waals surface area contributed by atoms with Crippen molar-refractivity contribution in [3.63, 3.8) is 0 Å². The molecule has 32 heavy (non-hydrogen) atoms. The minimum atomic E-state index is -3.63. The van der Waals surface area contributed by atoms with Gasteiger partial charge in [0.25, 0.3) is 10.0 Å². The van der Waals surface area contributed by atoms with Crippen LogP contribution in [-0.4, -0.2) is 20.9 Å². The van der Waals surface area contributed by atoms with Gasteiger partial charge in [-0.05, 0) is 73.2 Å². The molecule has 0 unspecified atom stereocenters. The number of benzene rings is 3. The standard InChI is InChI=1S/C25H25ClN2O3S/c1-18-8-12-21(26)17-23(18)27-25(29)15-11-19-9-13-22(14-10-19)32(30,31)28-16-4-6-20-5-2-3-7-24(20)28/h2-3,5,7-10,12-14,17H,4,6,11,15-16H2,1H3,(H,27,29). The molecule has 0 saturated carbocycles. The van der Waals surface area contributed by atoms with E-state index in [2.05, 4.69) is 5.32 Å². The summed E-state index contributed by atoms with van der Waals surface area (Å²) in [5, 5.41) is 3.45. The molecule has 1 heterocycles. The van der Waals surface area contributed by atoms with Crippen molar-refractivity contribution in [2.45, 2.75) is 37.5 Å². The fourth-order valence-corrected chi connectivity index (χ4v) is 5.62. The van der Waals surface area contributed by atoms with Gasteiger partial charge in [-0.3, -0.25) is 9.10 Å². The Balaban J connectivity index is 1.42. The minimum absolute atomic E-state index is 0.114. The Bertz CT molecular complexity index is 1240. The van der Waals surface area contributed by atoms with Gasteiger partial charge in [0.1, 0.15) is 0 Å². The molecule has 1 N–H and O–H groups in total. The Morgan fingerprint density at radius 3 is 2.59 bits per heavy atom. The zero-order valence-corrected chi connectivity index (χ0v) is 19.4. The number of nitrogens with one attached hydrogen (secondary N) is 1. The molecule has 1 amide bonds. The van der Waals surface area contributed by atoms with Crippen molar-refractivity contribution in [1.29, 1.82) is 0 Å². The van der Waals surface area contributed by atoms with E-state index in [1.54, 1.807) is 36.4 Å². The summed E-state index contributed by atoms with van der Waals surface area (Å²) >= 11 is 6.01. The highest BCUT2D eigenvalue weighted by Gasteiger charge is 2.28. The molecule has 0 aromatic heterocycles. The molecule has 1 aliphatic rings. The molecular formula is C25H25ClN2O3S. The van der Waals surface area contributed by atoms with Gasteiger partial charge >= 0.3 is 0 Å². The van der Waals surface area contributed by atoms with Crippen molar-refractivity contribution < 1.29 is 13.2 Å². The smallest absolute Gasteiger partial charge is 0.264 e. The van der Waals surface area contributed by atoms with Gasteiger partial charge in [-0.25, -0.2) is 8.42 Å². The van der Waals surface area contributed by atoms with Crippen LogP contribution < -0.4 is 9.62 Å². The summed E-state index contributed by atoms with van der Waals surface area (Å²) in [4.78, 5) is 12.6. The normalized spacial score (nSPS) is 13.5. The maximum Gasteiger partial charge on any atom is 0.264 e. The van der Waals surface area contributed by atoms with Gasteiger partial charge in [0.2, 0.25) is 5.91 Å². The number of anilines is 2. The second-order valence-electron chi connectivity index (χ2n) is 7.96. The van der Waals surface area contributed by atoms with E-state index in [1.165, 1.54) is 4.31 Å². The number of carbonyl (C=O) groups excluding carboxylic acids is 1. The van der Waals surface area contributed by atoms with Crippen LogP contribution >= 0.6 is 11.6 Å². The summed E-state index contributed by atoms with van der Waals surface area (Å²) in [7, 11) is -3.63. The molecule has 4 rings (SSSR count). The highest BCUT2D eigenvalue weighted by molar-refractivity contribution is 7.92. The number of sulfonamides is 1. The first-order chi connectivity index (χ1) is 15.3. The number of hydrogen-bond donors (Lipinski definition) is 1. The number of nitrogens with zero attached hydrogens (tertiary/aromatic N) is 1. The second kappa shape index (κ2) is 9.35. The van der Waals surface area contributed by atoms with Crippen LogP contribution in [0, 0.1) is 6.92 Å². The third kappa shape index (κ3) is 4.81. The van der Waals surface area contributed by atoms with Crippen LogP contribution in [0.4, 0.5) is 11.4 Å². The van der Waals surface area contributed by atoms with Gasteiger partial charge < -0.3 is 5.32 Å². The summed E-state index contributed by atoms with van der Waals surface area (Å²) in [6.45, 7) is 2.38. The Morgan fingerprint density at radius 1 is 1.06 bits per heavy atom. The van der Waals surface area contributed by atoms with Crippen molar-refractivity contribution >= 4 is 38.9 Å². The Labute approximate surface area is 194 Å². The quantitative estimate of drug-likeness (QED) is 0.529. The maximum absolute atomic E-state index is 13.2. The average molecular weight is 469 g/mol. The molecule has 0 spiro atoms. The van der Waals surface area contributed by atoms with Crippen LogP contribution in [0.3, 0.4) is 0 Å². The third-order valence-corrected chi connectivity index (χ3v) is 7.76. The van der Waals surface area contributed by atoms with Crippen LogP contribution in [0.5, 0.6) is 0 Å². The van der Waals surface area contributed by atoms with E-state index in [0.29, 0.717) is 23.7 Å². The first-order valence-corrected chi connectivity index (χ1v) is 12.4. The van der Waals surface area contributed by atoms with Crippen molar-refractivity contribution in [2.24, 2.45) is 0 Å². The molecule has 0 radical (unpaired) electrons. The summed E-state index contributed by atoms with van der Waals surface area (Å²) in [5.74, 6) is -0.114. The molecule has 5 nitrogen and oxygen atoms in total. The van der Waals surface area contributed by atoms with Gasteiger partial charge in [0, 0.05) is 23.7 Å². The monoisotopic (exact) mass is 468 g/mol. The summed E-state index contributed by atoms with van der Waals surface area (Å²) < 4.78 is 28.0. The Morgan fingerprint density at radius 2 is 1.81 bits per heavy atom. The molecule has 3 aromatic rings. The molecule has 7 heteroatoms. The fraction of sp³-hybridized carbons (Fsp3) is 0.240. The fourth-order valence-electron chi connectivity index (χ4n) is 3.90. The lowest BCUT2D eigenvalue weighted by Crippen LogP contribution is -2.35. The number of halogens is 1. The highest BCUT2D eigenvalue weighted by atomic mass is 35.5. The lowest BCUT2D eigenvalue weighted by atomic mass is 10.0. The molecular weight excluding hydrogens is 444 g/mol. The van der Waals surface area contributed by atoms with E-state index in [-0.39, 0.29) is 17.2 Å². The van der Waals surface area contributed by atoms with E-state index < -0.39 is 10.0 Å². The third-order valence-electron chi connectivity index (χ3n) is 5.69. The summed E-state index contributed by atoms with van der Waals surface area (Å²) in [6.07, 6.45) is 2.49. The SMILES string of the molecule is Cc1ccc(Cl)cc1NC(=O)CCc1ccc(S(=O)(=O)N2CCCc3ccccc32)cc1. The number of carbonyl (C=O) groups is 1. The molecule has 3 aromatic carbocycles. The zero-order valence-electron chi connectivity index (χ0n) is 17.8. The van der Waals surface area contributed by atoms with Gasteiger partial charge in [0.05, 0.1) is 10.6 Å². The number of hydrogen-bond acceptors (Lipinski definition) is 3. The number of fused-ring (bicyclic) bond motifs is 1. The molecule has 0 atom stereocenters. The van der Waals surface area contributed by atoms with E-state index in [9.17, 15) is 13.2 Å². The maximum atomic E-state index is 13.2. The van der Waals surface area contributed by atoms with Crippen LogP contribution in [-0.2, 0) is 27.7 Å². The molecule has 1 aliphatic heterocycles. The summed E-state index contributed by atoms with van der Waals surface area (Å²) in [5.41, 5.74) is 4.36. The minimum Gasteiger partial charge on any atom is -0.326 e. The number of amides is 1. The van der Waals surface area contributed by atoms with E-state index in [1.807, 2.05) is 37.3 Å². The second-order valence-corrected chi connectivity index (χ2v) is 10.3. The van der Waals surface area contributed by atoms with Crippen molar-refractivity contribution in [2.75, 3.05) is 16.2 Å². The highest BCUT2D eigenvalue weighted by Crippen LogP contribution is 2.31. The van der Waals surface area contributed by atoms with Crippen molar-refractivity contribution in [1.82, 2.24) is 0 Å². The van der Waals surface area contributed by atoms with Gasteiger partial charge in [-0.1, -0.05) is 48.0 Å². The molecule has 0 fully saturated rings. The Hall–Kier alpha value is -2.83. The van der Waals surface area contributed by atoms with Gasteiger partial charge in [0.15, 0.2) is 0 Å². The summed E-state index contributed by atoms with van der Waals surface area (Å²) in [6, 6.07) is 19.8. The predicted molar refractivity (Wildman–Crippen MR) is 129 cm³/mol. The van der Waals surface area contributed by atoms with E-state index >= 15 is 0 Å².